The van der Waals surface area contributed by atoms with Gasteiger partial charge in [-0.2, -0.15) is 0 Å². The van der Waals surface area contributed by atoms with Crippen LogP contribution in [0.25, 0.3) is 0 Å². The van der Waals surface area contributed by atoms with Gasteiger partial charge in [-0.15, -0.1) is 0 Å². The van der Waals surface area contributed by atoms with Crippen molar-refractivity contribution < 1.29 is 0 Å². The van der Waals surface area contributed by atoms with Crippen LogP contribution in [-0.4, -0.2) is 37.6 Å². The molecule has 3 unspecified atom stereocenters. The molecule has 0 aromatic carbocycles. The molecule has 0 bridgehead atoms. The molecule has 1 aliphatic rings. The predicted octanol–water partition coefficient (Wildman–Crippen LogP) is 2.74. The summed E-state index contributed by atoms with van der Waals surface area (Å²) in [4.78, 5) is 2.37. The van der Waals surface area contributed by atoms with Crippen molar-refractivity contribution in [1.29, 1.82) is 0 Å². The van der Waals surface area contributed by atoms with E-state index in [9.17, 15) is 0 Å². The van der Waals surface area contributed by atoms with Crippen LogP contribution in [0.15, 0.2) is 0 Å². The van der Waals surface area contributed by atoms with E-state index in [1.807, 2.05) is 0 Å². The second-order valence-electron chi connectivity index (χ2n) is 6.17. The standard InChI is InChI=1S/C14H30N2/c1-11(2)9-13(16(4)5)10-15-14-8-6-7-12(14)3/h11-15H,6-10H2,1-5H3. The molecule has 1 rings (SSSR count). The smallest absolute Gasteiger partial charge is 0.0217 e. The van der Waals surface area contributed by atoms with Gasteiger partial charge >= 0.3 is 0 Å². The second-order valence-corrected chi connectivity index (χ2v) is 6.17. The van der Waals surface area contributed by atoms with Gasteiger partial charge in [0.1, 0.15) is 0 Å². The fraction of sp³-hybridized carbons (Fsp3) is 1.00. The Labute approximate surface area is 102 Å². The summed E-state index contributed by atoms with van der Waals surface area (Å²) >= 11 is 0. The lowest BCUT2D eigenvalue weighted by molar-refractivity contribution is 0.235. The first-order valence-electron chi connectivity index (χ1n) is 6.90. The number of nitrogens with one attached hydrogen (secondary N) is 1. The highest BCUT2D eigenvalue weighted by Gasteiger charge is 2.24. The Kier molecular flexibility index (Phi) is 5.77. The molecule has 1 aliphatic carbocycles. The van der Waals surface area contributed by atoms with Crippen molar-refractivity contribution in [3.05, 3.63) is 0 Å². The topological polar surface area (TPSA) is 15.3 Å². The van der Waals surface area contributed by atoms with Crippen LogP contribution >= 0.6 is 0 Å². The molecule has 0 aliphatic heterocycles. The maximum Gasteiger partial charge on any atom is 0.0217 e. The lowest BCUT2D eigenvalue weighted by Crippen LogP contribution is -2.43. The highest BCUT2D eigenvalue weighted by atomic mass is 15.1. The molecule has 0 saturated heterocycles. The molecule has 16 heavy (non-hydrogen) atoms. The number of hydrogen-bond acceptors (Lipinski definition) is 2. The van der Waals surface area contributed by atoms with Gasteiger partial charge in [-0.05, 0) is 45.2 Å². The first-order valence-corrected chi connectivity index (χ1v) is 6.90. The van der Waals surface area contributed by atoms with Crippen LogP contribution in [-0.2, 0) is 0 Å². The van der Waals surface area contributed by atoms with E-state index in [-0.39, 0.29) is 0 Å². The molecule has 0 aromatic rings. The van der Waals surface area contributed by atoms with Crippen LogP contribution in [0.4, 0.5) is 0 Å². The van der Waals surface area contributed by atoms with Gasteiger partial charge in [0, 0.05) is 18.6 Å². The summed E-state index contributed by atoms with van der Waals surface area (Å²) in [5.74, 6) is 1.66. The summed E-state index contributed by atoms with van der Waals surface area (Å²) in [7, 11) is 4.40. The minimum Gasteiger partial charge on any atom is -0.312 e. The van der Waals surface area contributed by atoms with Crippen molar-refractivity contribution in [2.75, 3.05) is 20.6 Å². The van der Waals surface area contributed by atoms with Crippen LogP contribution in [0.1, 0.15) is 46.5 Å². The highest BCUT2D eigenvalue weighted by molar-refractivity contribution is 4.82. The van der Waals surface area contributed by atoms with Crippen LogP contribution in [0.5, 0.6) is 0 Å². The van der Waals surface area contributed by atoms with Crippen molar-refractivity contribution in [2.24, 2.45) is 11.8 Å². The maximum absolute atomic E-state index is 3.78. The summed E-state index contributed by atoms with van der Waals surface area (Å²) in [6.07, 6.45) is 5.49. The van der Waals surface area contributed by atoms with Gasteiger partial charge in [-0.3, -0.25) is 0 Å². The first-order chi connectivity index (χ1) is 7.50. The van der Waals surface area contributed by atoms with Gasteiger partial charge in [-0.25, -0.2) is 0 Å². The minimum atomic E-state index is 0.688. The summed E-state index contributed by atoms with van der Waals surface area (Å²) in [6.45, 7) is 8.17. The van der Waals surface area contributed by atoms with E-state index in [1.54, 1.807) is 0 Å². The lowest BCUT2D eigenvalue weighted by Gasteiger charge is -2.28. The molecular formula is C14H30N2. The van der Waals surface area contributed by atoms with Gasteiger partial charge in [0.2, 0.25) is 0 Å². The normalized spacial score (nSPS) is 27.9. The zero-order valence-corrected chi connectivity index (χ0v) is 11.8. The van der Waals surface area contributed by atoms with E-state index >= 15 is 0 Å². The Balaban J connectivity index is 2.31. The molecule has 0 spiro atoms. The minimum absolute atomic E-state index is 0.688. The molecule has 2 nitrogen and oxygen atoms in total. The zero-order valence-electron chi connectivity index (χ0n) is 11.8. The third-order valence-electron chi connectivity index (χ3n) is 3.95. The van der Waals surface area contributed by atoms with Crippen molar-refractivity contribution in [3.63, 3.8) is 0 Å². The van der Waals surface area contributed by atoms with Crippen LogP contribution in [0.2, 0.25) is 0 Å². The van der Waals surface area contributed by atoms with Gasteiger partial charge < -0.3 is 10.2 Å². The molecular weight excluding hydrogens is 196 g/mol. The average molecular weight is 226 g/mol. The fourth-order valence-electron chi connectivity index (χ4n) is 2.76. The number of hydrogen-bond donors (Lipinski definition) is 1. The monoisotopic (exact) mass is 226 g/mol. The molecule has 0 aromatic heterocycles. The van der Waals surface area contributed by atoms with E-state index in [0.717, 1.165) is 24.4 Å². The van der Waals surface area contributed by atoms with Crippen LogP contribution in [0, 0.1) is 11.8 Å². The van der Waals surface area contributed by atoms with Crippen molar-refractivity contribution in [2.45, 2.75) is 58.5 Å². The summed E-state index contributed by atoms with van der Waals surface area (Å²) < 4.78 is 0. The molecule has 1 N–H and O–H groups in total. The molecule has 0 heterocycles. The van der Waals surface area contributed by atoms with Gasteiger partial charge in [0.05, 0.1) is 0 Å². The third kappa shape index (κ3) is 4.42. The molecule has 2 heteroatoms. The Morgan fingerprint density at radius 3 is 2.38 bits per heavy atom. The molecule has 0 radical (unpaired) electrons. The van der Waals surface area contributed by atoms with E-state index in [1.165, 1.54) is 25.7 Å². The van der Waals surface area contributed by atoms with Crippen molar-refractivity contribution in [3.8, 4) is 0 Å². The average Bonchev–Trinajstić information content (AvgIpc) is 2.57. The predicted molar refractivity (Wildman–Crippen MR) is 71.7 cm³/mol. The lowest BCUT2D eigenvalue weighted by atomic mass is 10.0. The Hall–Kier alpha value is -0.0800. The van der Waals surface area contributed by atoms with Crippen molar-refractivity contribution in [1.82, 2.24) is 10.2 Å². The van der Waals surface area contributed by atoms with Gasteiger partial charge in [0.15, 0.2) is 0 Å². The van der Waals surface area contributed by atoms with E-state index in [2.05, 4.69) is 45.1 Å². The summed E-state index contributed by atoms with van der Waals surface area (Å²) in [5.41, 5.74) is 0. The molecule has 0 amide bonds. The first kappa shape index (κ1) is 14.0. The molecule has 1 fully saturated rings. The highest BCUT2D eigenvalue weighted by Crippen LogP contribution is 2.24. The van der Waals surface area contributed by atoms with Gasteiger partial charge in [-0.1, -0.05) is 27.2 Å². The maximum atomic E-state index is 3.78. The van der Waals surface area contributed by atoms with Crippen LogP contribution in [0.3, 0.4) is 0 Å². The quantitative estimate of drug-likeness (QED) is 0.749. The third-order valence-corrected chi connectivity index (χ3v) is 3.95. The van der Waals surface area contributed by atoms with Crippen molar-refractivity contribution >= 4 is 0 Å². The fourth-order valence-corrected chi connectivity index (χ4v) is 2.76. The van der Waals surface area contributed by atoms with Gasteiger partial charge in [0.25, 0.3) is 0 Å². The number of nitrogens with zero attached hydrogens (tertiary/aromatic N) is 1. The molecule has 3 atom stereocenters. The summed E-state index contributed by atoms with van der Waals surface area (Å²) in [6, 6.07) is 1.46. The Morgan fingerprint density at radius 1 is 1.25 bits per heavy atom. The molecule has 1 saturated carbocycles. The molecule has 96 valence electrons. The van der Waals surface area contributed by atoms with E-state index in [0.29, 0.717) is 6.04 Å². The summed E-state index contributed by atoms with van der Waals surface area (Å²) in [5, 5.41) is 3.78. The SMILES string of the molecule is CC(C)CC(CNC1CCCC1C)N(C)C. The largest absolute Gasteiger partial charge is 0.312 e. The number of likely N-dealkylation sites (N-methyl/N-ethyl adjacent to an activating group) is 1. The Morgan fingerprint density at radius 2 is 1.94 bits per heavy atom. The van der Waals surface area contributed by atoms with E-state index in [4.69, 9.17) is 0 Å². The number of rotatable bonds is 6. The van der Waals surface area contributed by atoms with Crippen LogP contribution < -0.4 is 5.32 Å². The zero-order chi connectivity index (χ0) is 12.1. The second kappa shape index (κ2) is 6.61. The van der Waals surface area contributed by atoms with E-state index < -0.39 is 0 Å². The Bertz CT molecular complexity index is 189.